The van der Waals surface area contributed by atoms with Crippen LogP contribution in [0, 0.1) is 11.6 Å². The summed E-state index contributed by atoms with van der Waals surface area (Å²) in [7, 11) is 1.21. The van der Waals surface area contributed by atoms with E-state index in [0.29, 0.717) is 0 Å². The molecule has 0 aromatic heterocycles. The van der Waals surface area contributed by atoms with Crippen molar-refractivity contribution in [3.05, 3.63) is 63.7 Å². The smallest absolute Gasteiger partial charge is 0.222 e. The average Bonchev–Trinajstić information content (AvgIpc) is 2.73. The van der Waals surface area contributed by atoms with Gasteiger partial charge in [-0.25, -0.2) is 8.78 Å². The topological polar surface area (TPSA) is 120 Å². The summed E-state index contributed by atoms with van der Waals surface area (Å²) < 4.78 is 38.3. The predicted molar refractivity (Wildman–Crippen MR) is 101 cm³/mol. The Morgan fingerprint density at radius 1 is 1.07 bits per heavy atom. The molecule has 7 nitrogen and oxygen atoms in total. The van der Waals surface area contributed by atoms with Crippen LogP contribution in [-0.4, -0.2) is 63.7 Å². The van der Waals surface area contributed by atoms with E-state index in [0.717, 1.165) is 12.1 Å². The predicted octanol–water partition coefficient (Wildman–Crippen LogP) is 0.836. The Kier molecular flexibility index (Phi) is 6.63. The first kappa shape index (κ1) is 22.8. The number of aliphatic hydroxyl groups is 5. The molecule has 5 atom stereocenters. The SMILES string of the molecule is COc1cc(F)c(Cc2cc([C@@]3(O)O[C@H](CO)[C@@H](O)[C@H](O)[C@H]3O)ccc2Cl)cc1F. The number of rotatable bonds is 5. The van der Waals surface area contributed by atoms with E-state index in [2.05, 4.69) is 0 Å². The minimum atomic E-state index is -2.49. The second-order valence-electron chi connectivity index (χ2n) is 7.02. The van der Waals surface area contributed by atoms with Crippen LogP contribution in [0.4, 0.5) is 8.78 Å². The van der Waals surface area contributed by atoms with Gasteiger partial charge in [-0.15, -0.1) is 0 Å². The van der Waals surface area contributed by atoms with Crippen molar-refractivity contribution in [2.75, 3.05) is 13.7 Å². The highest BCUT2D eigenvalue weighted by Gasteiger charge is 2.53. The molecule has 5 N–H and O–H groups in total. The third-order valence-electron chi connectivity index (χ3n) is 5.13. The van der Waals surface area contributed by atoms with E-state index in [1.165, 1.54) is 25.3 Å². The zero-order valence-corrected chi connectivity index (χ0v) is 16.6. The maximum atomic E-state index is 14.3. The summed E-state index contributed by atoms with van der Waals surface area (Å²) in [6.45, 7) is -0.732. The van der Waals surface area contributed by atoms with Gasteiger partial charge >= 0.3 is 0 Å². The van der Waals surface area contributed by atoms with Gasteiger partial charge in [0.05, 0.1) is 13.7 Å². The quantitative estimate of drug-likeness (QED) is 0.461. The van der Waals surface area contributed by atoms with Crippen LogP contribution in [-0.2, 0) is 16.9 Å². The summed E-state index contributed by atoms with van der Waals surface area (Å²) >= 11 is 6.17. The van der Waals surface area contributed by atoms with E-state index in [9.17, 15) is 34.3 Å². The normalized spacial score (nSPS) is 29.1. The fourth-order valence-electron chi connectivity index (χ4n) is 3.39. The lowest BCUT2D eigenvalue weighted by molar-refractivity contribution is -0.357. The van der Waals surface area contributed by atoms with Crippen LogP contribution in [0.15, 0.2) is 30.3 Å². The molecule has 0 radical (unpaired) electrons. The fourth-order valence-corrected chi connectivity index (χ4v) is 3.58. The van der Waals surface area contributed by atoms with Gasteiger partial charge in [0.2, 0.25) is 5.79 Å². The molecule has 30 heavy (non-hydrogen) atoms. The lowest BCUT2D eigenvalue weighted by atomic mass is 9.87. The van der Waals surface area contributed by atoms with Crippen LogP contribution in [0.5, 0.6) is 5.75 Å². The Morgan fingerprint density at radius 2 is 1.77 bits per heavy atom. The van der Waals surface area contributed by atoms with Crippen LogP contribution in [0.25, 0.3) is 0 Å². The zero-order chi connectivity index (χ0) is 22.2. The average molecular weight is 447 g/mol. The molecule has 0 spiro atoms. The van der Waals surface area contributed by atoms with Gasteiger partial charge in [-0.2, -0.15) is 0 Å². The number of hydrogen-bond acceptors (Lipinski definition) is 7. The van der Waals surface area contributed by atoms with Crippen molar-refractivity contribution < 1.29 is 43.8 Å². The van der Waals surface area contributed by atoms with Gasteiger partial charge in [0.15, 0.2) is 11.6 Å². The lowest BCUT2D eigenvalue weighted by Crippen LogP contribution is -2.63. The monoisotopic (exact) mass is 446 g/mol. The number of halogens is 3. The molecule has 0 bridgehead atoms. The van der Waals surface area contributed by atoms with Crippen molar-refractivity contribution in [1.82, 2.24) is 0 Å². The van der Waals surface area contributed by atoms with E-state index in [1.807, 2.05) is 0 Å². The first-order chi connectivity index (χ1) is 14.1. The molecule has 10 heteroatoms. The van der Waals surface area contributed by atoms with Crippen LogP contribution >= 0.6 is 11.6 Å². The van der Waals surface area contributed by atoms with E-state index in [4.69, 9.17) is 21.1 Å². The van der Waals surface area contributed by atoms with Crippen LogP contribution in [0.1, 0.15) is 16.7 Å². The maximum Gasteiger partial charge on any atom is 0.222 e. The molecule has 0 saturated carbocycles. The van der Waals surface area contributed by atoms with Crippen molar-refractivity contribution in [3.8, 4) is 5.75 Å². The molecule has 2 aromatic carbocycles. The molecule has 1 heterocycles. The fraction of sp³-hybridized carbons (Fsp3) is 0.400. The van der Waals surface area contributed by atoms with Crippen LogP contribution < -0.4 is 4.74 Å². The molecular formula is C20H21ClF2O7. The highest BCUT2D eigenvalue weighted by molar-refractivity contribution is 6.31. The molecule has 2 aromatic rings. The third-order valence-corrected chi connectivity index (χ3v) is 5.50. The van der Waals surface area contributed by atoms with Crippen LogP contribution in [0.2, 0.25) is 5.02 Å². The van der Waals surface area contributed by atoms with Crippen molar-refractivity contribution in [2.24, 2.45) is 0 Å². The highest BCUT2D eigenvalue weighted by atomic mass is 35.5. The molecule has 0 aliphatic carbocycles. The second-order valence-corrected chi connectivity index (χ2v) is 7.43. The Hall–Kier alpha value is -1.85. The zero-order valence-electron chi connectivity index (χ0n) is 15.8. The van der Waals surface area contributed by atoms with Gasteiger partial charge < -0.3 is 35.0 Å². The number of benzene rings is 2. The second kappa shape index (κ2) is 8.72. The first-order valence-electron chi connectivity index (χ1n) is 8.98. The molecule has 0 unspecified atom stereocenters. The van der Waals surface area contributed by atoms with Gasteiger partial charge in [-0.05, 0) is 29.3 Å². The maximum absolute atomic E-state index is 14.3. The van der Waals surface area contributed by atoms with Gasteiger partial charge in [-0.3, -0.25) is 0 Å². The lowest BCUT2D eigenvalue weighted by Gasteiger charge is -2.45. The van der Waals surface area contributed by atoms with Gasteiger partial charge in [0.25, 0.3) is 0 Å². The minimum Gasteiger partial charge on any atom is -0.494 e. The molecular weight excluding hydrogens is 426 g/mol. The largest absolute Gasteiger partial charge is 0.494 e. The molecule has 1 aliphatic heterocycles. The molecule has 0 amide bonds. The molecule has 1 fully saturated rings. The summed E-state index contributed by atoms with van der Waals surface area (Å²) in [6.07, 6.45) is -6.94. The Balaban J connectivity index is 1.98. The summed E-state index contributed by atoms with van der Waals surface area (Å²) in [5, 5.41) is 50.6. The number of ether oxygens (including phenoxy) is 2. The summed E-state index contributed by atoms with van der Waals surface area (Å²) in [5.74, 6) is -4.25. The summed E-state index contributed by atoms with van der Waals surface area (Å²) in [6, 6.07) is 5.81. The Bertz CT molecular complexity index is 926. The third kappa shape index (κ3) is 4.02. The molecule has 1 aliphatic rings. The Labute approximate surface area is 175 Å². The first-order valence-corrected chi connectivity index (χ1v) is 9.36. The van der Waals surface area contributed by atoms with E-state index in [-0.39, 0.29) is 33.9 Å². The van der Waals surface area contributed by atoms with E-state index < -0.39 is 48.4 Å². The number of aliphatic hydroxyl groups excluding tert-OH is 4. The van der Waals surface area contributed by atoms with E-state index >= 15 is 0 Å². The van der Waals surface area contributed by atoms with Crippen molar-refractivity contribution in [1.29, 1.82) is 0 Å². The molecule has 3 rings (SSSR count). The van der Waals surface area contributed by atoms with Crippen molar-refractivity contribution >= 4 is 11.6 Å². The van der Waals surface area contributed by atoms with Gasteiger partial charge in [0, 0.05) is 23.1 Å². The summed E-state index contributed by atoms with van der Waals surface area (Å²) in [5.41, 5.74) is 0.171. The minimum absolute atomic E-state index is 0.0341. The highest BCUT2D eigenvalue weighted by Crippen LogP contribution is 2.38. The van der Waals surface area contributed by atoms with Crippen molar-refractivity contribution in [3.63, 3.8) is 0 Å². The standard InChI is InChI=1S/C20H21ClF2O7/c1-29-15-7-13(22)10(6-14(15)23)4-9-5-11(2-3-12(9)21)20(28)19(27)18(26)17(25)16(8-24)30-20/h2-3,5-7,16-19,24-28H,4,8H2,1H3/t16-,17-,18+,19-,20-/m1/s1. The van der Waals surface area contributed by atoms with E-state index in [1.54, 1.807) is 0 Å². The molecule has 164 valence electrons. The number of hydrogen-bond donors (Lipinski definition) is 5. The van der Waals surface area contributed by atoms with Crippen LogP contribution in [0.3, 0.4) is 0 Å². The van der Waals surface area contributed by atoms with Gasteiger partial charge in [0.1, 0.15) is 30.2 Å². The summed E-state index contributed by atoms with van der Waals surface area (Å²) in [4.78, 5) is 0. The van der Waals surface area contributed by atoms with Crippen molar-refractivity contribution in [2.45, 2.75) is 36.6 Å². The number of methoxy groups -OCH3 is 1. The van der Waals surface area contributed by atoms with Gasteiger partial charge in [-0.1, -0.05) is 17.7 Å². The molecule has 1 saturated heterocycles. The Morgan fingerprint density at radius 3 is 2.40 bits per heavy atom.